The SMILES string of the molecule is CSCc1ccc(C(=O)N2CCC(C(=O)O)(C(C)C)C2)o1. The van der Waals surface area contributed by atoms with Crippen LogP contribution < -0.4 is 0 Å². The molecular weight excluding hydrogens is 290 g/mol. The molecule has 0 spiro atoms. The van der Waals surface area contributed by atoms with Crippen LogP contribution >= 0.6 is 11.8 Å². The molecule has 1 fully saturated rings. The molecule has 0 saturated carbocycles. The van der Waals surface area contributed by atoms with Crippen LogP contribution in [0.3, 0.4) is 0 Å². The van der Waals surface area contributed by atoms with Crippen LogP contribution in [-0.4, -0.2) is 41.2 Å². The van der Waals surface area contributed by atoms with E-state index in [2.05, 4.69) is 0 Å². The van der Waals surface area contributed by atoms with Crippen LogP contribution in [0.15, 0.2) is 16.5 Å². The van der Waals surface area contributed by atoms with Crippen LogP contribution in [0.2, 0.25) is 0 Å². The van der Waals surface area contributed by atoms with Crippen molar-refractivity contribution in [1.29, 1.82) is 0 Å². The number of amides is 1. The zero-order valence-electron chi connectivity index (χ0n) is 12.6. The summed E-state index contributed by atoms with van der Waals surface area (Å²) in [4.78, 5) is 25.6. The van der Waals surface area contributed by atoms with E-state index in [9.17, 15) is 14.7 Å². The molecule has 1 aliphatic rings. The number of furan rings is 1. The van der Waals surface area contributed by atoms with E-state index < -0.39 is 11.4 Å². The standard InChI is InChI=1S/C15H21NO4S/c1-10(2)15(14(18)19)6-7-16(9-15)13(17)12-5-4-11(20-12)8-21-3/h4-5,10H,6-9H2,1-3H3,(H,18,19). The van der Waals surface area contributed by atoms with Crippen LogP contribution in [-0.2, 0) is 10.5 Å². The quantitative estimate of drug-likeness (QED) is 0.905. The molecule has 0 radical (unpaired) electrons. The average Bonchev–Trinajstić information content (AvgIpc) is 3.05. The molecule has 116 valence electrons. The van der Waals surface area contributed by atoms with E-state index in [0.29, 0.717) is 18.7 Å². The molecule has 6 heteroatoms. The molecule has 1 N–H and O–H groups in total. The average molecular weight is 311 g/mol. The Morgan fingerprint density at radius 3 is 2.71 bits per heavy atom. The lowest BCUT2D eigenvalue weighted by Gasteiger charge is -2.28. The molecule has 0 aromatic carbocycles. The van der Waals surface area contributed by atoms with E-state index in [4.69, 9.17) is 4.42 Å². The predicted octanol–water partition coefficient (Wildman–Crippen LogP) is 2.72. The van der Waals surface area contributed by atoms with Crippen molar-refractivity contribution in [2.75, 3.05) is 19.3 Å². The van der Waals surface area contributed by atoms with Gasteiger partial charge in [0.2, 0.25) is 0 Å². The van der Waals surface area contributed by atoms with Gasteiger partial charge in [-0.05, 0) is 30.7 Å². The third-order valence-corrected chi connectivity index (χ3v) is 4.85. The molecule has 1 aliphatic heterocycles. The Kier molecular flexibility index (Phi) is 4.66. The number of hydrogen-bond donors (Lipinski definition) is 1. The molecule has 5 nitrogen and oxygen atoms in total. The molecule has 1 aromatic heterocycles. The summed E-state index contributed by atoms with van der Waals surface area (Å²) < 4.78 is 5.53. The highest BCUT2D eigenvalue weighted by Gasteiger charge is 2.48. The molecule has 1 amide bonds. The number of likely N-dealkylation sites (tertiary alicyclic amines) is 1. The smallest absolute Gasteiger partial charge is 0.311 e. The number of hydrogen-bond acceptors (Lipinski definition) is 4. The first kappa shape index (κ1) is 15.9. The fraction of sp³-hybridized carbons (Fsp3) is 0.600. The number of nitrogens with zero attached hydrogens (tertiary/aromatic N) is 1. The maximum absolute atomic E-state index is 12.4. The molecule has 1 saturated heterocycles. The Hall–Kier alpha value is -1.43. The molecule has 21 heavy (non-hydrogen) atoms. The van der Waals surface area contributed by atoms with Crippen molar-refractivity contribution in [2.24, 2.45) is 11.3 Å². The molecule has 0 aliphatic carbocycles. The summed E-state index contributed by atoms with van der Waals surface area (Å²) >= 11 is 1.62. The Morgan fingerprint density at radius 2 is 2.19 bits per heavy atom. The summed E-state index contributed by atoms with van der Waals surface area (Å²) in [5.74, 6) is 0.721. The fourth-order valence-corrected chi connectivity index (χ4v) is 3.21. The summed E-state index contributed by atoms with van der Waals surface area (Å²) in [6.45, 7) is 4.50. The van der Waals surface area contributed by atoms with E-state index in [1.54, 1.807) is 28.8 Å². The van der Waals surface area contributed by atoms with E-state index in [-0.39, 0.29) is 18.4 Å². The minimum atomic E-state index is -0.843. The van der Waals surface area contributed by atoms with Crippen molar-refractivity contribution in [2.45, 2.75) is 26.0 Å². The second-order valence-electron chi connectivity index (χ2n) is 5.79. The van der Waals surface area contributed by atoms with Gasteiger partial charge < -0.3 is 14.4 Å². The first-order chi connectivity index (χ1) is 9.90. The minimum Gasteiger partial charge on any atom is -0.481 e. The van der Waals surface area contributed by atoms with Crippen molar-refractivity contribution in [3.63, 3.8) is 0 Å². The van der Waals surface area contributed by atoms with Gasteiger partial charge in [-0.3, -0.25) is 9.59 Å². The molecule has 1 aromatic rings. The lowest BCUT2D eigenvalue weighted by molar-refractivity contribution is -0.150. The summed E-state index contributed by atoms with van der Waals surface area (Å²) in [6.07, 6.45) is 2.46. The second-order valence-corrected chi connectivity index (χ2v) is 6.66. The third kappa shape index (κ3) is 2.95. The highest BCUT2D eigenvalue weighted by molar-refractivity contribution is 7.97. The van der Waals surface area contributed by atoms with Gasteiger partial charge in [-0.1, -0.05) is 13.8 Å². The number of carboxylic acid groups (broad SMARTS) is 1. The normalized spacial score (nSPS) is 22.0. The highest BCUT2D eigenvalue weighted by Crippen LogP contribution is 2.38. The molecule has 1 atom stereocenters. The van der Waals surface area contributed by atoms with Gasteiger partial charge in [-0.25, -0.2) is 0 Å². The van der Waals surface area contributed by atoms with E-state index in [1.165, 1.54) is 0 Å². The van der Waals surface area contributed by atoms with Crippen LogP contribution in [0.1, 0.15) is 36.6 Å². The number of carboxylic acids is 1. The predicted molar refractivity (Wildman–Crippen MR) is 81.4 cm³/mol. The van der Waals surface area contributed by atoms with Crippen LogP contribution in [0.4, 0.5) is 0 Å². The van der Waals surface area contributed by atoms with E-state index >= 15 is 0 Å². The third-order valence-electron chi connectivity index (χ3n) is 4.28. The van der Waals surface area contributed by atoms with Gasteiger partial charge in [0, 0.05) is 13.1 Å². The van der Waals surface area contributed by atoms with Gasteiger partial charge in [-0.15, -0.1) is 0 Å². The first-order valence-corrected chi connectivity index (χ1v) is 8.40. The Morgan fingerprint density at radius 1 is 1.48 bits per heavy atom. The zero-order chi connectivity index (χ0) is 15.6. The van der Waals surface area contributed by atoms with Crippen molar-refractivity contribution in [3.8, 4) is 0 Å². The van der Waals surface area contributed by atoms with Crippen molar-refractivity contribution in [1.82, 2.24) is 4.90 Å². The largest absolute Gasteiger partial charge is 0.481 e. The van der Waals surface area contributed by atoms with Gasteiger partial charge in [0.1, 0.15) is 5.76 Å². The second kappa shape index (κ2) is 6.13. The molecular formula is C15H21NO4S. The van der Waals surface area contributed by atoms with E-state index in [0.717, 1.165) is 11.5 Å². The van der Waals surface area contributed by atoms with Gasteiger partial charge in [0.15, 0.2) is 5.76 Å². The van der Waals surface area contributed by atoms with Crippen LogP contribution in [0.25, 0.3) is 0 Å². The lowest BCUT2D eigenvalue weighted by atomic mass is 9.76. The van der Waals surface area contributed by atoms with Crippen molar-refractivity contribution < 1.29 is 19.1 Å². The summed E-state index contributed by atoms with van der Waals surface area (Å²) in [6, 6.07) is 3.47. The van der Waals surface area contributed by atoms with Gasteiger partial charge in [0.25, 0.3) is 5.91 Å². The van der Waals surface area contributed by atoms with E-state index in [1.807, 2.05) is 20.1 Å². The number of carbonyl (C=O) groups excluding carboxylic acids is 1. The lowest BCUT2D eigenvalue weighted by Crippen LogP contribution is -2.40. The number of thioether (sulfide) groups is 1. The zero-order valence-corrected chi connectivity index (χ0v) is 13.4. The van der Waals surface area contributed by atoms with Crippen LogP contribution in [0.5, 0.6) is 0 Å². The van der Waals surface area contributed by atoms with Crippen molar-refractivity contribution >= 4 is 23.6 Å². The van der Waals surface area contributed by atoms with Gasteiger partial charge in [0.05, 0.1) is 11.2 Å². The number of aliphatic carboxylic acids is 1. The topological polar surface area (TPSA) is 70.8 Å². The Bertz CT molecular complexity index is 540. The Balaban J connectivity index is 2.12. The first-order valence-electron chi connectivity index (χ1n) is 7.01. The molecule has 2 rings (SSSR count). The fourth-order valence-electron chi connectivity index (χ4n) is 2.77. The van der Waals surface area contributed by atoms with Gasteiger partial charge in [-0.2, -0.15) is 11.8 Å². The highest BCUT2D eigenvalue weighted by atomic mass is 32.2. The van der Waals surface area contributed by atoms with Crippen LogP contribution in [0, 0.1) is 11.3 Å². The molecule has 0 bridgehead atoms. The maximum Gasteiger partial charge on any atom is 0.311 e. The Labute approximate surface area is 128 Å². The van der Waals surface area contributed by atoms with Crippen molar-refractivity contribution in [3.05, 3.63) is 23.7 Å². The van der Waals surface area contributed by atoms with Gasteiger partial charge >= 0.3 is 5.97 Å². The monoisotopic (exact) mass is 311 g/mol. The summed E-state index contributed by atoms with van der Waals surface area (Å²) in [5, 5.41) is 9.51. The summed E-state index contributed by atoms with van der Waals surface area (Å²) in [5.41, 5.74) is -0.843. The maximum atomic E-state index is 12.4. The molecule has 2 heterocycles. The summed E-state index contributed by atoms with van der Waals surface area (Å²) in [7, 11) is 0. The number of rotatable bonds is 5. The minimum absolute atomic E-state index is 0.0172. The number of carbonyl (C=O) groups is 2. The molecule has 1 unspecified atom stereocenters.